The normalized spacial score (nSPS) is 16.6. The van der Waals surface area contributed by atoms with Crippen molar-refractivity contribution in [3.05, 3.63) is 41.4 Å². The Morgan fingerprint density at radius 1 is 1.00 bits per heavy atom. The summed E-state index contributed by atoms with van der Waals surface area (Å²) in [6.07, 6.45) is -8.48. The molecular formula is C23H24F8N4O7. The van der Waals surface area contributed by atoms with E-state index in [9.17, 15) is 39.9 Å². The van der Waals surface area contributed by atoms with Gasteiger partial charge in [0, 0.05) is 52.0 Å². The van der Waals surface area contributed by atoms with Crippen LogP contribution in [0.4, 0.5) is 35.1 Å². The van der Waals surface area contributed by atoms with Crippen molar-refractivity contribution in [3.8, 4) is 5.75 Å². The second-order valence-electron chi connectivity index (χ2n) is 8.79. The molecule has 234 valence electrons. The number of aromatic nitrogens is 2. The number of carbonyl (C=O) groups excluding carboxylic acids is 1. The lowest BCUT2D eigenvalue weighted by Gasteiger charge is -2.30. The minimum Gasteiger partial charge on any atom is -0.495 e. The molecule has 0 bridgehead atoms. The largest absolute Gasteiger partial charge is 0.495 e. The quantitative estimate of drug-likeness (QED) is 0.485. The minimum absolute atomic E-state index is 0.000334. The molecule has 2 aliphatic heterocycles. The molecule has 42 heavy (non-hydrogen) atoms. The number of aliphatic carboxylic acids is 2. The fourth-order valence-corrected chi connectivity index (χ4v) is 3.51. The summed E-state index contributed by atoms with van der Waals surface area (Å²) in [4.78, 5) is 42.6. The first-order valence-electron chi connectivity index (χ1n) is 11.8. The molecule has 1 fully saturated rings. The number of piperidine rings is 1. The van der Waals surface area contributed by atoms with Crippen molar-refractivity contribution >= 4 is 17.8 Å². The molecule has 0 atom stereocenters. The predicted molar refractivity (Wildman–Crippen MR) is 123 cm³/mol. The summed E-state index contributed by atoms with van der Waals surface area (Å²) >= 11 is 0. The fraction of sp³-hybridized carbons (Fsp3) is 0.522. The van der Waals surface area contributed by atoms with E-state index >= 15 is 0 Å². The van der Waals surface area contributed by atoms with Crippen LogP contribution in [0.1, 0.15) is 40.7 Å². The van der Waals surface area contributed by atoms with Crippen molar-refractivity contribution in [1.82, 2.24) is 19.8 Å². The van der Waals surface area contributed by atoms with Crippen LogP contribution < -0.4 is 4.74 Å². The number of halogens is 8. The zero-order chi connectivity index (χ0) is 31.9. The fourth-order valence-electron chi connectivity index (χ4n) is 3.51. The number of methoxy groups -OCH3 is 1. The second-order valence-corrected chi connectivity index (χ2v) is 8.79. The van der Waals surface area contributed by atoms with Crippen LogP contribution >= 0.6 is 0 Å². The number of alkyl halides is 8. The first kappa shape index (κ1) is 34.2. The smallest absolute Gasteiger partial charge is 0.490 e. The number of oxazole rings is 1. The van der Waals surface area contributed by atoms with E-state index in [1.807, 2.05) is 12.1 Å². The number of carbonyl (C=O) groups is 3. The van der Waals surface area contributed by atoms with Gasteiger partial charge in [-0.15, -0.1) is 0 Å². The molecule has 11 nitrogen and oxygen atoms in total. The van der Waals surface area contributed by atoms with Crippen LogP contribution in [0.2, 0.25) is 0 Å². The van der Waals surface area contributed by atoms with Crippen molar-refractivity contribution in [2.45, 2.75) is 50.6 Å². The Kier molecular flexibility index (Phi) is 11.2. The van der Waals surface area contributed by atoms with Crippen molar-refractivity contribution < 1.29 is 68.9 Å². The van der Waals surface area contributed by atoms with Gasteiger partial charge in [-0.3, -0.25) is 14.7 Å². The zero-order valence-corrected chi connectivity index (χ0v) is 21.6. The van der Waals surface area contributed by atoms with Crippen molar-refractivity contribution in [2.75, 3.05) is 26.7 Å². The van der Waals surface area contributed by atoms with Crippen LogP contribution in [0.25, 0.3) is 0 Å². The molecule has 4 heterocycles. The Morgan fingerprint density at radius 2 is 1.55 bits per heavy atom. The number of hydrogen-bond donors (Lipinski definition) is 2. The van der Waals surface area contributed by atoms with Crippen LogP contribution in [-0.4, -0.2) is 92.8 Å². The standard InChI is InChI=1S/C19H22F2N4O3.2C2HF3O2/c1-27-14-3-2-13(22-10-14)11-24-7-4-16-15(12-24)23-17(28-16)18(26)25-8-5-19(20,21)6-9-25;2*3-2(4,5)1(6)7/h2-3,10H,4-9,11-12H2,1H3;2*(H,6,7). The maximum atomic E-state index is 13.3. The Balaban J connectivity index is 0.000000367. The molecule has 0 spiro atoms. The SMILES string of the molecule is COc1ccc(CN2CCc3oc(C(=O)N4CCC(F)(F)CC4)nc3C2)nc1.O=C(O)C(F)(F)F.O=C(O)C(F)(F)F. The molecule has 1 amide bonds. The number of rotatable bonds is 4. The maximum Gasteiger partial charge on any atom is 0.490 e. The van der Waals surface area contributed by atoms with Crippen molar-refractivity contribution in [3.63, 3.8) is 0 Å². The number of hydrogen-bond acceptors (Lipinski definition) is 8. The van der Waals surface area contributed by atoms with E-state index in [1.54, 1.807) is 13.3 Å². The van der Waals surface area contributed by atoms with E-state index in [1.165, 1.54) is 4.90 Å². The molecule has 2 N–H and O–H groups in total. The highest BCUT2D eigenvalue weighted by Crippen LogP contribution is 2.29. The van der Waals surface area contributed by atoms with E-state index < -0.39 is 36.1 Å². The van der Waals surface area contributed by atoms with Gasteiger partial charge in [-0.05, 0) is 12.1 Å². The van der Waals surface area contributed by atoms with Gasteiger partial charge in [-0.2, -0.15) is 26.3 Å². The van der Waals surface area contributed by atoms with Gasteiger partial charge in [-0.25, -0.2) is 23.4 Å². The zero-order valence-electron chi connectivity index (χ0n) is 21.6. The summed E-state index contributed by atoms with van der Waals surface area (Å²) in [5.41, 5.74) is 1.64. The molecule has 0 saturated carbocycles. The lowest BCUT2D eigenvalue weighted by molar-refractivity contribution is -0.193. The first-order chi connectivity index (χ1) is 19.3. The lowest BCUT2D eigenvalue weighted by Crippen LogP contribution is -2.42. The summed E-state index contributed by atoms with van der Waals surface area (Å²) in [7, 11) is 1.60. The van der Waals surface area contributed by atoms with Crippen LogP contribution in [0.3, 0.4) is 0 Å². The van der Waals surface area contributed by atoms with Crippen LogP contribution in [-0.2, 0) is 29.1 Å². The van der Waals surface area contributed by atoms with E-state index in [2.05, 4.69) is 14.9 Å². The van der Waals surface area contributed by atoms with Gasteiger partial charge in [0.15, 0.2) is 0 Å². The number of carboxylic acids is 2. The predicted octanol–water partition coefficient (Wildman–Crippen LogP) is 3.77. The number of likely N-dealkylation sites (tertiary alicyclic amines) is 1. The number of amides is 1. The first-order valence-corrected chi connectivity index (χ1v) is 11.8. The van der Waals surface area contributed by atoms with Gasteiger partial charge in [0.05, 0.1) is 24.7 Å². The molecule has 4 rings (SSSR count). The summed E-state index contributed by atoms with van der Waals surface area (Å²) < 4.78 is 101. The summed E-state index contributed by atoms with van der Waals surface area (Å²) in [6, 6.07) is 3.78. The van der Waals surface area contributed by atoms with Crippen LogP contribution in [0, 0.1) is 0 Å². The Hall–Kier alpha value is -4.03. The summed E-state index contributed by atoms with van der Waals surface area (Å²) in [5.74, 6) is -7.21. The summed E-state index contributed by atoms with van der Waals surface area (Å²) in [6.45, 7) is 2.01. The van der Waals surface area contributed by atoms with Gasteiger partial charge >= 0.3 is 30.2 Å². The van der Waals surface area contributed by atoms with Gasteiger partial charge < -0.3 is 24.3 Å². The van der Waals surface area contributed by atoms with Gasteiger partial charge in [0.1, 0.15) is 11.5 Å². The van der Waals surface area contributed by atoms with E-state index in [-0.39, 0.29) is 31.8 Å². The number of pyridine rings is 1. The Labute approximate surface area is 231 Å². The van der Waals surface area contributed by atoms with Crippen molar-refractivity contribution in [2.24, 2.45) is 0 Å². The molecule has 2 aromatic rings. The molecule has 1 saturated heterocycles. The van der Waals surface area contributed by atoms with Crippen LogP contribution in [0.15, 0.2) is 22.7 Å². The molecule has 0 aliphatic carbocycles. The Bertz CT molecular complexity index is 1200. The van der Waals surface area contributed by atoms with E-state index in [0.717, 1.165) is 17.9 Å². The molecule has 2 aliphatic rings. The monoisotopic (exact) mass is 620 g/mol. The molecule has 19 heteroatoms. The molecular weight excluding hydrogens is 596 g/mol. The second kappa shape index (κ2) is 13.8. The van der Waals surface area contributed by atoms with Crippen LogP contribution in [0.5, 0.6) is 5.75 Å². The van der Waals surface area contributed by atoms with Crippen molar-refractivity contribution in [1.29, 1.82) is 0 Å². The number of carboxylic acid groups (broad SMARTS) is 2. The van der Waals surface area contributed by atoms with Gasteiger partial charge in [0.25, 0.3) is 11.8 Å². The average molecular weight is 620 g/mol. The maximum absolute atomic E-state index is 13.3. The third kappa shape index (κ3) is 10.4. The topological polar surface area (TPSA) is 146 Å². The number of ether oxygens (including phenoxy) is 1. The highest BCUT2D eigenvalue weighted by molar-refractivity contribution is 5.89. The summed E-state index contributed by atoms with van der Waals surface area (Å²) in [5, 5.41) is 14.2. The minimum atomic E-state index is -5.08. The lowest BCUT2D eigenvalue weighted by atomic mass is 10.1. The van der Waals surface area contributed by atoms with Gasteiger partial charge in [0.2, 0.25) is 0 Å². The third-order valence-electron chi connectivity index (χ3n) is 5.68. The Morgan fingerprint density at radius 3 is 2.00 bits per heavy atom. The number of nitrogens with zero attached hydrogens (tertiary/aromatic N) is 4. The highest BCUT2D eigenvalue weighted by Gasteiger charge is 2.39. The molecule has 0 aromatic carbocycles. The highest BCUT2D eigenvalue weighted by atomic mass is 19.4. The van der Waals surface area contributed by atoms with E-state index in [4.69, 9.17) is 29.0 Å². The van der Waals surface area contributed by atoms with Gasteiger partial charge in [-0.1, -0.05) is 0 Å². The molecule has 0 radical (unpaired) electrons. The third-order valence-corrected chi connectivity index (χ3v) is 5.68. The molecule has 0 unspecified atom stereocenters. The van der Waals surface area contributed by atoms with E-state index in [0.29, 0.717) is 31.0 Å². The average Bonchev–Trinajstić information content (AvgIpc) is 3.32. The molecule has 2 aromatic heterocycles. The number of fused-ring (bicyclic) bond motifs is 1.